The molecular weight excluding hydrogens is 538 g/mol. The molecule has 1 aromatic heterocycles. The number of rotatable bonds is 6. The second-order valence-electron chi connectivity index (χ2n) is 13.2. The first kappa shape index (κ1) is 30.5. The van der Waals surface area contributed by atoms with Crippen molar-refractivity contribution in [2.45, 2.75) is 77.5 Å². The SMILES string of the molecule is CC(=O)N1C[C@@H](C)N(C[C@H]2CN[C@H](C)CN2CC(=O)N2CC(C)(C)c3cnc(Cc4ccc(F)cc4F)cc32)[C@H](C)C1. The average molecular weight is 583 g/mol. The molecule has 8 nitrogen and oxygen atoms in total. The number of hydrogen-bond donors (Lipinski definition) is 1. The molecule has 228 valence electrons. The lowest BCUT2D eigenvalue weighted by Crippen LogP contribution is -2.65. The fraction of sp³-hybridized carbons (Fsp3) is 0.594. The Hall–Kier alpha value is -2.95. The third-order valence-electron chi connectivity index (χ3n) is 9.23. The number of pyridine rings is 1. The fourth-order valence-corrected chi connectivity index (χ4v) is 6.86. The predicted octanol–water partition coefficient (Wildman–Crippen LogP) is 3.18. The van der Waals surface area contributed by atoms with E-state index in [2.05, 4.69) is 54.7 Å². The Morgan fingerprint density at radius 2 is 1.79 bits per heavy atom. The number of nitrogens with zero attached hydrogens (tertiary/aromatic N) is 5. The van der Waals surface area contributed by atoms with Crippen molar-refractivity contribution in [2.24, 2.45) is 0 Å². The van der Waals surface area contributed by atoms with Crippen molar-refractivity contribution in [3.8, 4) is 0 Å². The van der Waals surface area contributed by atoms with Gasteiger partial charge in [0.2, 0.25) is 11.8 Å². The topological polar surface area (TPSA) is 72.0 Å². The van der Waals surface area contributed by atoms with Gasteiger partial charge in [-0.2, -0.15) is 0 Å². The van der Waals surface area contributed by atoms with E-state index in [4.69, 9.17) is 0 Å². The first-order valence-corrected chi connectivity index (χ1v) is 15.0. The molecule has 2 saturated heterocycles. The third kappa shape index (κ3) is 6.35. The minimum Gasteiger partial charge on any atom is -0.340 e. The summed E-state index contributed by atoms with van der Waals surface area (Å²) in [5, 5.41) is 3.60. The summed E-state index contributed by atoms with van der Waals surface area (Å²) in [7, 11) is 0. The number of aromatic nitrogens is 1. The Morgan fingerprint density at radius 3 is 2.45 bits per heavy atom. The Morgan fingerprint density at radius 1 is 1.07 bits per heavy atom. The van der Waals surface area contributed by atoms with Gasteiger partial charge in [-0.1, -0.05) is 19.9 Å². The van der Waals surface area contributed by atoms with Gasteiger partial charge in [0.1, 0.15) is 11.6 Å². The molecule has 5 rings (SSSR count). The van der Waals surface area contributed by atoms with E-state index in [-0.39, 0.29) is 47.8 Å². The summed E-state index contributed by atoms with van der Waals surface area (Å²) in [5.41, 5.74) is 2.55. The zero-order valence-electron chi connectivity index (χ0n) is 25.7. The third-order valence-corrected chi connectivity index (χ3v) is 9.23. The first-order valence-electron chi connectivity index (χ1n) is 15.0. The number of hydrogen-bond acceptors (Lipinski definition) is 6. The van der Waals surface area contributed by atoms with Crippen molar-refractivity contribution in [2.75, 3.05) is 50.7 Å². The van der Waals surface area contributed by atoms with E-state index in [9.17, 15) is 18.4 Å². The summed E-state index contributed by atoms with van der Waals surface area (Å²) in [6, 6.07) is 6.36. The maximum Gasteiger partial charge on any atom is 0.241 e. The largest absolute Gasteiger partial charge is 0.340 e. The van der Waals surface area contributed by atoms with Crippen LogP contribution in [0.1, 0.15) is 58.4 Å². The second kappa shape index (κ2) is 12.0. The Balaban J connectivity index is 1.33. The van der Waals surface area contributed by atoms with Crippen molar-refractivity contribution in [3.63, 3.8) is 0 Å². The van der Waals surface area contributed by atoms with E-state index >= 15 is 0 Å². The van der Waals surface area contributed by atoms with Crippen LogP contribution in [0.2, 0.25) is 0 Å². The summed E-state index contributed by atoms with van der Waals surface area (Å²) in [4.78, 5) is 39.2. The van der Waals surface area contributed by atoms with Gasteiger partial charge in [-0.15, -0.1) is 0 Å². The van der Waals surface area contributed by atoms with Gasteiger partial charge in [-0.3, -0.25) is 24.4 Å². The molecule has 4 atom stereocenters. The second-order valence-corrected chi connectivity index (χ2v) is 13.2. The zero-order chi connectivity index (χ0) is 30.3. The maximum absolute atomic E-state index is 14.4. The van der Waals surface area contributed by atoms with Crippen LogP contribution in [0.5, 0.6) is 0 Å². The minimum atomic E-state index is -0.612. The lowest BCUT2D eigenvalue weighted by molar-refractivity contribution is -0.133. The lowest BCUT2D eigenvalue weighted by atomic mass is 9.88. The highest BCUT2D eigenvalue weighted by Crippen LogP contribution is 2.40. The summed E-state index contributed by atoms with van der Waals surface area (Å²) in [6.07, 6.45) is 2.02. The molecule has 3 aliphatic rings. The van der Waals surface area contributed by atoms with Crippen molar-refractivity contribution in [1.29, 1.82) is 0 Å². The highest BCUT2D eigenvalue weighted by atomic mass is 19.1. The van der Waals surface area contributed by atoms with Gasteiger partial charge in [-0.05, 0) is 38.5 Å². The number of piperazine rings is 2. The van der Waals surface area contributed by atoms with Crippen LogP contribution in [-0.4, -0.2) is 101 Å². The maximum atomic E-state index is 14.4. The molecule has 0 bridgehead atoms. The normalized spacial score (nSPS) is 26.4. The van der Waals surface area contributed by atoms with Gasteiger partial charge in [0.05, 0.1) is 12.2 Å². The van der Waals surface area contributed by atoms with Crippen LogP contribution in [0, 0.1) is 11.6 Å². The fourth-order valence-electron chi connectivity index (χ4n) is 6.86. The molecule has 2 aromatic rings. The van der Waals surface area contributed by atoms with Crippen molar-refractivity contribution >= 4 is 17.5 Å². The van der Waals surface area contributed by atoms with E-state index in [1.165, 1.54) is 12.1 Å². The summed E-state index contributed by atoms with van der Waals surface area (Å²) >= 11 is 0. The van der Waals surface area contributed by atoms with Gasteiger partial charge in [0.15, 0.2) is 0 Å². The summed E-state index contributed by atoms with van der Waals surface area (Å²) in [5.74, 6) is -1.06. The molecule has 4 heterocycles. The van der Waals surface area contributed by atoms with E-state index in [1.54, 1.807) is 13.1 Å². The molecule has 2 fully saturated rings. The number of carbonyl (C=O) groups excluding carboxylic acids is 2. The number of halogens is 2. The monoisotopic (exact) mass is 582 g/mol. The highest BCUT2D eigenvalue weighted by molar-refractivity contribution is 5.97. The number of benzene rings is 1. The quantitative estimate of drug-likeness (QED) is 0.565. The van der Waals surface area contributed by atoms with Gasteiger partial charge in [-0.25, -0.2) is 8.78 Å². The van der Waals surface area contributed by atoms with Crippen molar-refractivity contribution in [3.05, 3.63) is 58.9 Å². The summed E-state index contributed by atoms with van der Waals surface area (Å²) < 4.78 is 27.8. The van der Waals surface area contributed by atoms with Gasteiger partial charge < -0.3 is 15.1 Å². The molecule has 42 heavy (non-hydrogen) atoms. The van der Waals surface area contributed by atoms with Gasteiger partial charge in [0.25, 0.3) is 0 Å². The molecule has 10 heteroatoms. The van der Waals surface area contributed by atoms with Crippen molar-refractivity contribution < 1.29 is 18.4 Å². The van der Waals surface area contributed by atoms with Gasteiger partial charge in [0, 0.05) is 106 Å². The van der Waals surface area contributed by atoms with Crippen LogP contribution < -0.4 is 10.2 Å². The first-order chi connectivity index (χ1) is 19.8. The van der Waals surface area contributed by atoms with Crippen LogP contribution in [-0.2, 0) is 21.4 Å². The molecule has 1 N–H and O–H groups in total. The van der Waals surface area contributed by atoms with E-state index < -0.39 is 11.6 Å². The molecule has 1 aromatic carbocycles. The molecule has 3 aliphatic heterocycles. The smallest absolute Gasteiger partial charge is 0.241 e. The minimum absolute atomic E-state index is 0.0357. The van der Waals surface area contributed by atoms with Crippen LogP contribution in [0.15, 0.2) is 30.5 Å². The van der Waals surface area contributed by atoms with Crippen LogP contribution in [0.3, 0.4) is 0 Å². The van der Waals surface area contributed by atoms with E-state index in [0.29, 0.717) is 37.4 Å². The van der Waals surface area contributed by atoms with Crippen LogP contribution in [0.4, 0.5) is 14.5 Å². The molecule has 0 aliphatic carbocycles. The van der Waals surface area contributed by atoms with Crippen LogP contribution in [0.25, 0.3) is 0 Å². The Labute approximate surface area is 248 Å². The standard InChI is InChI=1S/C32H44F2N6O2/c1-20-14-38(27(12-35-20)17-39-21(2)15-37(23(4)41)16-22(39)3)18-31(42)40-19-32(5,6)28-13-36-26(11-30(28)40)9-24-7-8-25(33)10-29(24)34/h7-8,10-11,13,20-22,27,35H,9,12,14-19H2,1-6H3/t20-,21-,22-,27-/m1/s1. The number of anilines is 1. The highest BCUT2D eigenvalue weighted by Gasteiger charge is 2.41. The Bertz CT molecular complexity index is 1320. The lowest BCUT2D eigenvalue weighted by Gasteiger charge is -2.48. The molecule has 2 amide bonds. The molecule has 0 saturated carbocycles. The summed E-state index contributed by atoms with van der Waals surface area (Å²) in [6.45, 7) is 17.0. The molecule has 0 spiro atoms. The average Bonchev–Trinajstić information content (AvgIpc) is 3.18. The number of fused-ring (bicyclic) bond motifs is 1. The van der Waals surface area contributed by atoms with E-state index in [0.717, 1.165) is 37.0 Å². The zero-order valence-corrected chi connectivity index (χ0v) is 25.7. The van der Waals surface area contributed by atoms with Crippen molar-refractivity contribution in [1.82, 2.24) is 25.0 Å². The number of nitrogens with one attached hydrogen (secondary N) is 1. The molecule has 0 radical (unpaired) electrons. The molecular formula is C32H44F2N6O2. The number of carbonyl (C=O) groups is 2. The Kier molecular flexibility index (Phi) is 8.70. The molecule has 0 unspecified atom stereocenters. The van der Waals surface area contributed by atoms with Crippen LogP contribution >= 0.6 is 0 Å². The predicted molar refractivity (Wildman–Crippen MR) is 159 cm³/mol. The van der Waals surface area contributed by atoms with Gasteiger partial charge >= 0.3 is 0 Å². The number of amides is 2. The van der Waals surface area contributed by atoms with E-state index in [1.807, 2.05) is 15.9 Å².